The molecule has 20 heavy (non-hydrogen) atoms. The van der Waals surface area contributed by atoms with Gasteiger partial charge in [0.25, 0.3) is 0 Å². The van der Waals surface area contributed by atoms with Crippen molar-refractivity contribution in [2.45, 2.75) is 45.6 Å². The monoisotopic (exact) mass is 274 g/mol. The Morgan fingerprint density at radius 1 is 1.45 bits per heavy atom. The molecular weight excluding hydrogens is 252 g/mol. The summed E-state index contributed by atoms with van der Waals surface area (Å²) in [7, 11) is 0. The average molecular weight is 274 g/mol. The number of carbonyl (C=O) groups is 1. The van der Waals surface area contributed by atoms with Gasteiger partial charge in [-0.15, -0.1) is 0 Å². The van der Waals surface area contributed by atoms with Crippen molar-refractivity contribution in [2.24, 2.45) is 5.73 Å². The quantitative estimate of drug-likeness (QED) is 0.783. The number of H-pyrrole nitrogens is 1. The smallest absolute Gasteiger partial charge is 0.243 e. The van der Waals surface area contributed by atoms with Crippen LogP contribution >= 0.6 is 0 Å². The molecule has 1 aromatic heterocycles. The molecule has 0 aliphatic rings. The summed E-state index contributed by atoms with van der Waals surface area (Å²) in [5.41, 5.74) is 7.45. The number of fused-ring (bicyclic) bond motifs is 1. The molecule has 0 atom stereocenters. The summed E-state index contributed by atoms with van der Waals surface area (Å²) in [6.45, 7) is 5.52. The maximum absolute atomic E-state index is 11.9. The van der Waals surface area contributed by atoms with Crippen LogP contribution in [0.25, 0.3) is 11.0 Å². The van der Waals surface area contributed by atoms with E-state index in [1.165, 1.54) is 0 Å². The van der Waals surface area contributed by atoms with Crippen LogP contribution < -0.4 is 11.1 Å². The Balaban J connectivity index is 2.18. The topological polar surface area (TPSA) is 83.8 Å². The molecule has 0 aliphatic carbocycles. The first-order valence-electron chi connectivity index (χ1n) is 6.99. The summed E-state index contributed by atoms with van der Waals surface area (Å²) in [5, 5.41) is 2.81. The largest absolute Gasteiger partial charge is 0.342 e. The first-order valence-corrected chi connectivity index (χ1v) is 6.99. The van der Waals surface area contributed by atoms with Gasteiger partial charge in [-0.1, -0.05) is 13.3 Å². The number of imidazole rings is 1. The lowest BCUT2D eigenvalue weighted by atomic mass is 10.1. The number of rotatable bonds is 5. The van der Waals surface area contributed by atoms with Crippen molar-refractivity contribution in [3.63, 3.8) is 0 Å². The Bertz CT molecular complexity index is 610. The van der Waals surface area contributed by atoms with Crippen LogP contribution in [0.3, 0.4) is 0 Å². The maximum Gasteiger partial charge on any atom is 0.243 e. The molecule has 0 spiro atoms. The molecule has 2 aromatic rings. The highest BCUT2D eigenvalue weighted by Gasteiger charge is 2.21. The predicted octanol–water partition coefficient (Wildman–Crippen LogP) is 2.58. The fourth-order valence-electron chi connectivity index (χ4n) is 1.90. The van der Waals surface area contributed by atoms with Gasteiger partial charge in [-0.2, -0.15) is 0 Å². The van der Waals surface area contributed by atoms with Crippen molar-refractivity contribution < 1.29 is 4.79 Å². The summed E-state index contributed by atoms with van der Waals surface area (Å²) in [5.74, 6) is 0.784. The van der Waals surface area contributed by atoms with Gasteiger partial charge in [-0.3, -0.25) is 4.79 Å². The predicted molar refractivity (Wildman–Crippen MR) is 81.6 cm³/mol. The number of carbonyl (C=O) groups excluding carboxylic acids is 1. The molecule has 0 unspecified atom stereocenters. The number of nitrogens with two attached hydrogens (primary N) is 1. The third-order valence-corrected chi connectivity index (χ3v) is 3.14. The fraction of sp³-hybridized carbons (Fsp3) is 0.467. The van der Waals surface area contributed by atoms with Crippen molar-refractivity contribution in [1.82, 2.24) is 9.97 Å². The lowest BCUT2D eigenvalue weighted by Gasteiger charge is -2.17. The van der Waals surface area contributed by atoms with Gasteiger partial charge < -0.3 is 16.0 Å². The van der Waals surface area contributed by atoms with E-state index in [4.69, 9.17) is 5.73 Å². The Morgan fingerprint density at radius 2 is 2.20 bits per heavy atom. The molecule has 1 heterocycles. The van der Waals surface area contributed by atoms with E-state index >= 15 is 0 Å². The third kappa shape index (κ3) is 3.36. The number of aromatic nitrogens is 2. The molecule has 2 rings (SSSR count). The van der Waals surface area contributed by atoms with Crippen molar-refractivity contribution in [1.29, 1.82) is 0 Å². The van der Waals surface area contributed by atoms with Gasteiger partial charge in [0.05, 0.1) is 16.6 Å². The maximum atomic E-state index is 11.9. The normalized spacial score (nSPS) is 11.8. The molecule has 108 valence electrons. The van der Waals surface area contributed by atoms with E-state index in [0.29, 0.717) is 0 Å². The molecule has 5 nitrogen and oxygen atoms in total. The number of hydrogen-bond acceptors (Lipinski definition) is 3. The van der Waals surface area contributed by atoms with E-state index in [1.807, 2.05) is 18.2 Å². The van der Waals surface area contributed by atoms with Gasteiger partial charge in [0.15, 0.2) is 0 Å². The number of unbranched alkanes of at least 4 members (excludes halogenated alkanes) is 1. The highest BCUT2D eigenvalue weighted by molar-refractivity contribution is 5.98. The van der Waals surface area contributed by atoms with E-state index < -0.39 is 5.54 Å². The molecule has 1 amide bonds. The van der Waals surface area contributed by atoms with E-state index in [2.05, 4.69) is 22.2 Å². The number of nitrogens with one attached hydrogen (secondary N) is 2. The van der Waals surface area contributed by atoms with Crippen LogP contribution in [0.4, 0.5) is 5.69 Å². The van der Waals surface area contributed by atoms with E-state index in [0.717, 1.165) is 41.8 Å². The van der Waals surface area contributed by atoms with Crippen LogP contribution in [0.1, 0.15) is 39.4 Å². The number of benzene rings is 1. The summed E-state index contributed by atoms with van der Waals surface area (Å²) >= 11 is 0. The van der Waals surface area contributed by atoms with Gasteiger partial charge in [-0.05, 0) is 38.5 Å². The number of anilines is 1. The van der Waals surface area contributed by atoms with Crippen LogP contribution in [0, 0.1) is 0 Å². The minimum absolute atomic E-state index is 0.206. The van der Waals surface area contributed by atoms with Crippen LogP contribution in [0.5, 0.6) is 0 Å². The van der Waals surface area contributed by atoms with Crippen molar-refractivity contribution in [2.75, 3.05) is 5.32 Å². The van der Waals surface area contributed by atoms with E-state index in [1.54, 1.807) is 13.8 Å². The third-order valence-electron chi connectivity index (χ3n) is 3.14. The molecule has 0 saturated carbocycles. The molecule has 0 bridgehead atoms. The summed E-state index contributed by atoms with van der Waals surface area (Å²) in [6, 6.07) is 5.64. The standard InChI is InChI=1S/C15H22N4O/c1-4-5-6-13-18-11-8-7-10(9-12(11)19-13)17-14(20)15(2,3)16/h7-9H,4-6,16H2,1-3H3,(H,17,20)(H,18,19). The van der Waals surface area contributed by atoms with Gasteiger partial charge in [0, 0.05) is 12.1 Å². The number of nitrogens with zero attached hydrogens (tertiary/aromatic N) is 1. The first kappa shape index (κ1) is 14.5. The van der Waals surface area contributed by atoms with Gasteiger partial charge in [0.2, 0.25) is 5.91 Å². The fourth-order valence-corrected chi connectivity index (χ4v) is 1.90. The molecule has 1 aromatic carbocycles. The lowest BCUT2D eigenvalue weighted by molar-refractivity contribution is -0.120. The highest BCUT2D eigenvalue weighted by Crippen LogP contribution is 2.18. The van der Waals surface area contributed by atoms with E-state index in [-0.39, 0.29) is 5.91 Å². The van der Waals surface area contributed by atoms with Crippen LogP contribution in [-0.2, 0) is 11.2 Å². The van der Waals surface area contributed by atoms with Crippen LogP contribution in [0.2, 0.25) is 0 Å². The van der Waals surface area contributed by atoms with Crippen molar-refractivity contribution >= 4 is 22.6 Å². The second-order valence-electron chi connectivity index (χ2n) is 5.69. The minimum atomic E-state index is -0.894. The second-order valence-corrected chi connectivity index (χ2v) is 5.69. The van der Waals surface area contributed by atoms with Crippen LogP contribution in [0.15, 0.2) is 18.2 Å². The Kier molecular flexibility index (Phi) is 4.09. The average Bonchev–Trinajstić information content (AvgIpc) is 2.77. The summed E-state index contributed by atoms with van der Waals surface area (Å²) < 4.78 is 0. The molecule has 0 aliphatic heterocycles. The Morgan fingerprint density at radius 3 is 2.85 bits per heavy atom. The molecule has 4 N–H and O–H groups in total. The molecule has 0 fully saturated rings. The second kappa shape index (κ2) is 5.63. The zero-order chi connectivity index (χ0) is 14.8. The summed E-state index contributed by atoms with van der Waals surface area (Å²) in [6.07, 6.45) is 3.21. The molecule has 0 radical (unpaired) electrons. The number of hydrogen-bond donors (Lipinski definition) is 3. The molecular formula is C15H22N4O. The number of aryl methyl sites for hydroxylation is 1. The van der Waals surface area contributed by atoms with Gasteiger partial charge in [0.1, 0.15) is 5.82 Å². The number of aromatic amines is 1. The summed E-state index contributed by atoms with van der Waals surface area (Å²) in [4.78, 5) is 19.7. The Hall–Kier alpha value is -1.88. The first-order chi connectivity index (χ1) is 9.40. The molecule has 5 heteroatoms. The number of amides is 1. The zero-order valence-corrected chi connectivity index (χ0v) is 12.3. The lowest BCUT2D eigenvalue weighted by Crippen LogP contribution is -2.45. The SMILES string of the molecule is CCCCc1nc2ccc(NC(=O)C(C)(C)N)cc2[nH]1. The minimum Gasteiger partial charge on any atom is -0.342 e. The molecule has 0 saturated heterocycles. The highest BCUT2D eigenvalue weighted by atomic mass is 16.2. The van der Waals surface area contributed by atoms with Crippen molar-refractivity contribution in [3.8, 4) is 0 Å². The Labute approximate surface area is 119 Å². The van der Waals surface area contributed by atoms with Gasteiger partial charge in [-0.25, -0.2) is 4.98 Å². The van der Waals surface area contributed by atoms with Crippen LogP contribution in [-0.4, -0.2) is 21.4 Å². The zero-order valence-electron chi connectivity index (χ0n) is 12.3. The van der Waals surface area contributed by atoms with E-state index in [9.17, 15) is 4.79 Å². The van der Waals surface area contributed by atoms with Crippen molar-refractivity contribution in [3.05, 3.63) is 24.0 Å². The van der Waals surface area contributed by atoms with Gasteiger partial charge >= 0.3 is 0 Å².